The molecule has 4 nitrogen and oxygen atoms in total. The first-order chi connectivity index (χ1) is 12.7. The van der Waals surface area contributed by atoms with Crippen LogP contribution in [0.4, 0.5) is 0 Å². The average molecular weight is 339 g/mol. The van der Waals surface area contributed by atoms with Crippen LogP contribution in [0.15, 0.2) is 77.9 Å². The van der Waals surface area contributed by atoms with E-state index in [1.54, 1.807) is 17.0 Å². The van der Waals surface area contributed by atoms with E-state index in [-0.39, 0.29) is 5.56 Å². The Morgan fingerprint density at radius 2 is 1.73 bits per heavy atom. The summed E-state index contributed by atoms with van der Waals surface area (Å²) in [6, 6.07) is 19.1. The second-order valence-electron chi connectivity index (χ2n) is 6.08. The number of hydrogen-bond acceptors (Lipinski definition) is 3. The fourth-order valence-electron chi connectivity index (χ4n) is 2.85. The van der Waals surface area contributed by atoms with E-state index in [2.05, 4.69) is 4.98 Å². The molecule has 0 N–H and O–H groups in total. The molecule has 0 fully saturated rings. The van der Waals surface area contributed by atoms with Gasteiger partial charge in [-0.25, -0.2) is 4.98 Å². The Kier molecular flexibility index (Phi) is 4.15. The zero-order chi connectivity index (χ0) is 17.9. The van der Waals surface area contributed by atoms with Crippen LogP contribution in [-0.2, 0) is 0 Å². The summed E-state index contributed by atoms with van der Waals surface area (Å²) in [4.78, 5) is 21.9. The Bertz CT molecular complexity index is 1140. The minimum atomic E-state index is -0.0784. The van der Waals surface area contributed by atoms with E-state index in [0.29, 0.717) is 16.7 Å². The normalized spacial score (nSPS) is 11.3. The number of hydrogen-bond donors (Lipinski definition) is 0. The lowest BCUT2D eigenvalue weighted by Gasteiger charge is -2.11. The molecule has 0 aliphatic rings. The van der Waals surface area contributed by atoms with E-state index >= 15 is 0 Å². The van der Waals surface area contributed by atoms with Gasteiger partial charge < -0.3 is 0 Å². The van der Waals surface area contributed by atoms with Crippen LogP contribution in [0.5, 0.6) is 0 Å². The number of nitrogens with zero attached hydrogens (tertiary/aromatic N) is 3. The molecular formula is C22H17N3O. The van der Waals surface area contributed by atoms with Crippen molar-refractivity contribution in [3.63, 3.8) is 0 Å². The van der Waals surface area contributed by atoms with Crippen LogP contribution in [0.1, 0.15) is 17.0 Å². The highest BCUT2D eigenvalue weighted by atomic mass is 16.1. The summed E-state index contributed by atoms with van der Waals surface area (Å²) < 4.78 is 1.65. The summed E-state index contributed by atoms with van der Waals surface area (Å²) in [5, 5.41) is 0.603. The van der Waals surface area contributed by atoms with E-state index in [1.807, 2.05) is 79.7 Å². The molecule has 0 bridgehead atoms. The molecule has 0 unspecified atom stereocenters. The third-order valence-corrected chi connectivity index (χ3v) is 4.20. The van der Waals surface area contributed by atoms with Crippen LogP contribution in [-0.4, -0.2) is 14.5 Å². The molecular weight excluding hydrogens is 322 g/mol. The van der Waals surface area contributed by atoms with Crippen molar-refractivity contribution in [2.24, 2.45) is 0 Å². The molecule has 126 valence electrons. The molecule has 0 aliphatic carbocycles. The first kappa shape index (κ1) is 16.0. The number of aromatic nitrogens is 3. The summed E-state index contributed by atoms with van der Waals surface area (Å²) in [6.45, 7) is 2.02. The quantitative estimate of drug-likeness (QED) is 0.560. The lowest BCUT2D eigenvalue weighted by molar-refractivity contribution is 0.943. The Hall–Kier alpha value is -3.53. The van der Waals surface area contributed by atoms with E-state index in [4.69, 9.17) is 4.98 Å². The van der Waals surface area contributed by atoms with Gasteiger partial charge in [0.1, 0.15) is 5.82 Å². The van der Waals surface area contributed by atoms with Crippen molar-refractivity contribution >= 4 is 23.1 Å². The van der Waals surface area contributed by atoms with Crippen LogP contribution in [0, 0.1) is 6.92 Å². The summed E-state index contributed by atoms with van der Waals surface area (Å²) in [6.07, 6.45) is 7.26. The van der Waals surface area contributed by atoms with Crippen molar-refractivity contribution in [2.75, 3.05) is 0 Å². The highest BCUT2D eigenvalue weighted by Gasteiger charge is 2.10. The molecule has 0 spiro atoms. The molecule has 0 amide bonds. The predicted molar refractivity (Wildman–Crippen MR) is 105 cm³/mol. The minimum absolute atomic E-state index is 0.0784. The fourth-order valence-corrected chi connectivity index (χ4v) is 2.85. The molecule has 4 rings (SSSR count). The Morgan fingerprint density at radius 3 is 2.50 bits per heavy atom. The second kappa shape index (κ2) is 6.76. The number of para-hydroxylation sites is 1. The van der Waals surface area contributed by atoms with Crippen molar-refractivity contribution in [3.8, 4) is 5.69 Å². The molecule has 2 heterocycles. The number of fused-ring (bicyclic) bond motifs is 1. The molecule has 2 aromatic carbocycles. The van der Waals surface area contributed by atoms with Gasteiger partial charge in [0.25, 0.3) is 5.56 Å². The van der Waals surface area contributed by atoms with Gasteiger partial charge >= 0.3 is 0 Å². The molecule has 0 saturated heterocycles. The number of aryl methyl sites for hydroxylation is 1. The zero-order valence-electron chi connectivity index (χ0n) is 14.3. The van der Waals surface area contributed by atoms with Gasteiger partial charge in [-0.3, -0.25) is 14.3 Å². The summed E-state index contributed by atoms with van der Waals surface area (Å²) >= 11 is 0. The highest BCUT2D eigenvalue weighted by Crippen LogP contribution is 2.15. The molecule has 4 aromatic rings. The Balaban J connectivity index is 1.95. The lowest BCUT2D eigenvalue weighted by Crippen LogP contribution is -2.22. The fraction of sp³-hybridized carbons (Fsp3) is 0.0455. The van der Waals surface area contributed by atoms with Crippen LogP contribution >= 0.6 is 0 Å². The first-order valence-electron chi connectivity index (χ1n) is 8.39. The van der Waals surface area contributed by atoms with Gasteiger partial charge in [0.05, 0.1) is 16.6 Å². The van der Waals surface area contributed by atoms with Crippen LogP contribution in [0.25, 0.3) is 28.7 Å². The smallest absolute Gasteiger partial charge is 0.266 e. The first-order valence-corrected chi connectivity index (χ1v) is 8.39. The molecule has 26 heavy (non-hydrogen) atoms. The van der Waals surface area contributed by atoms with Gasteiger partial charge in [-0.05, 0) is 55.0 Å². The Morgan fingerprint density at radius 1 is 0.923 bits per heavy atom. The Labute approximate surface area is 151 Å². The maximum Gasteiger partial charge on any atom is 0.266 e. The molecule has 0 radical (unpaired) electrons. The van der Waals surface area contributed by atoms with Crippen molar-refractivity contribution in [1.82, 2.24) is 14.5 Å². The zero-order valence-corrected chi connectivity index (χ0v) is 14.3. The van der Waals surface area contributed by atoms with E-state index in [1.165, 1.54) is 0 Å². The largest absolute Gasteiger partial charge is 0.268 e. The van der Waals surface area contributed by atoms with Crippen molar-refractivity contribution < 1.29 is 0 Å². The van der Waals surface area contributed by atoms with Crippen molar-refractivity contribution in [2.45, 2.75) is 6.92 Å². The maximum absolute atomic E-state index is 13.1. The molecule has 0 saturated carbocycles. The van der Waals surface area contributed by atoms with E-state index < -0.39 is 0 Å². The third-order valence-electron chi connectivity index (χ3n) is 4.20. The van der Waals surface area contributed by atoms with Gasteiger partial charge in [0.2, 0.25) is 0 Å². The maximum atomic E-state index is 13.1. The monoisotopic (exact) mass is 339 g/mol. The third kappa shape index (κ3) is 3.05. The van der Waals surface area contributed by atoms with E-state index in [0.717, 1.165) is 16.8 Å². The highest BCUT2D eigenvalue weighted by molar-refractivity contribution is 5.80. The standard InChI is InChI=1S/C22H17N3O/c1-16-8-11-18(12-9-16)25-21(13-10-17-5-4-14-23-15-17)24-20-7-3-2-6-19(20)22(25)26/h2-15H,1H3/b13-10+. The molecule has 2 aromatic heterocycles. The summed E-state index contributed by atoms with van der Waals surface area (Å²) in [7, 11) is 0. The van der Waals surface area contributed by atoms with Gasteiger partial charge in [0.15, 0.2) is 0 Å². The van der Waals surface area contributed by atoms with Gasteiger partial charge in [0, 0.05) is 12.4 Å². The SMILES string of the molecule is Cc1ccc(-n2c(/C=C/c3cccnc3)nc3ccccc3c2=O)cc1. The van der Waals surface area contributed by atoms with Crippen LogP contribution < -0.4 is 5.56 Å². The van der Waals surface area contributed by atoms with Crippen molar-refractivity contribution in [1.29, 1.82) is 0 Å². The molecule has 4 heteroatoms. The number of benzene rings is 2. The van der Waals surface area contributed by atoms with Gasteiger partial charge in [-0.15, -0.1) is 0 Å². The average Bonchev–Trinajstić information content (AvgIpc) is 2.68. The minimum Gasteiger partial charge on any atom is -0.268 e. The number of rotatable bonds is 3. The summed E-state index contributed by atoms with van der Waals surface area (Å²) in [5.41, 5.74) is 3.50. The molecule has 0 atom stereocenters. The van der Waals surface area contributed by atoms with Crippen molar-refractivity contribution in [3.05, 3.63) is 100 Å². The summed E-state index contributed by atoms with van der Waals surface area (Å²) in [5.74, 6) is 0.585. The van der Waals surface area contributed by atoms with Gasteiger partial charge in [-0.1, -0.05) is 35.9 Å². The number of pyridine rings is 1. The van der Waals surface area contributed by atoms with Gasteiger partial charge in [-0.2, -0.15) is 0 Å². The van der Waals surface area contributed by atoms with E-state index in [9.17, 15) is 4.79 Å². The lowest BCUT2D eigenvalue weighted by atomic mass is 10.2. The molecule has 0 aliphatic heterocycles. The topological polar surface area (TPSA) is 47.8 Å². The van der Waals surface area contributed by atoms with Crippen LogP contribution in [0.2, 0.25) is 0 Å². The van der Waals surface area contributed by atoms with Crippen LogP contribution in [0.3, 0.4) is 0 Å². The second-order valence-corrected chi connectivity index (χ2v) is 6.08. The predicted octanol–water partition coefficient (Wildman–Crippen LogP) is 4.26.